The number of carbonyl (C=O) groups excluding carboxylic acids is 2. The molecule has 0 heterocycles. The number of hydrogen-bond donors (Lipinski definition) is 0. The van der Waals surface area contributed by atoms with Crippen LogP contribution in [0.25, 0.3) is 0 Å². The van der Waals surface area contributed by atoms with Crippen LogP contribution in [0.1, 0.15) is 35.2 Å². The van der Waals surface area contributed by atoms with Gasteiger partial charge in [-0.05, 0) is 25.0 Å². The number of carbonyl (C=O) groups is 2. The zero-order valence-electron chi connectivity index (χ0n) is 9.96. The van der Waals surface area contributed by atoms with E-state index in [0.717, 1.165) is 5.56 Å². The van der Waals surface area contributed by atoms with Crippen LogP contribution in [0.15, 0.2) is 18.2 Å². The molecule has 3 nitrogen and oxygen atoms in total. The molecule has 0 fully saturated rings. The minimum atomic E-state index is -0.292. The lowest BCUT2D eigenvalue weighted by atomic mass is 10.0. The zero-order valence-corrected chi connectivity index (χ0v) is 10.7. The van der Waals surface area contributed by atoms with E-state index in [9.17, 15) is 9.59 Å². The quantitative estimate of drug-likeness (QED) is 0.599. The lowest BCUT2D eigenvalue weighted by Crippen LogP contribution is -2.03. The van der Waals surface area contributed by atoms with Crippen molar-refractivity contribution >= 4 is 23.4 Å². The van der Waals surface area contributed by atoms with Gasteiger partial charge in [0.05, 0.1) is 7.11 Å². The summed E-state index contributed by atoms with van der Waals surface area (Å²) in [7, 11) is 1.34. The van der Waals surface area contributed by atoms with Crippen molar-refractivity contribution in [1.82, 2.24) is 0 Å². The average molecular weight is 255 g/mol. The first-order valence-electron chi connectivity index (χ1n) is 5.40. The highest BCUT2D eigenvalue weighted by atomic mass is 35.5. The fourth-order valence-electron chi connectivity index (χ4n) is 1.41. The summed E-state index contributed by atoms with van der Waals surface area (Å²) in [6, 6.07) is 5.23. The van der Waals surface area contributed by atoms with Gasteiger partial charge in [-0.1, -0.05) is 23.7 Å². The maximum Gasteiger partial charge on any atom is 0.305 e. The van der Waals surface area contributed by atoms with Crippen molar-refractivity contribution in [2.75, 3.05) is 7.11 Å². The smallest absolute Gasteiger partial charge is 0.305 e. The SMILES string of the molecule is COC(=O)CCCC(=O)c1ccc(C)c(Cl)c1. The molecule has 0 radical (unpaired) electrons. The summed E-state index contributed by atoms with van der Waals surface area (Å²) in [5, 5.41) is 0.587. The van der Waals surface area contributed by atoms with Crippen LogP contribution in [0.3, 0.4) is 0 Å². The first-order chi connectivity index (χ1) is 8.04. The summed E-state index contributed by atoms with van der Waals surface area (Å²) in [5.41, 5.74) is 1.53. The Kier molecular flexibility index (Phi) is 5.16. The fraction of sp³-hybridized carbons (Fsp3) is 0.385. The van der Waals surface area contributed by atoms with Crippen molar-refractivity contribution in [1.29, 1.82) is 0 Å². The highest BCUT2D eigenvalue weighted by Gasteiger charge is 2.09. The lowest BCUT2D eigenvalue weighted by molar-refractivity contribution is -0.140. The van der Waals surface area contributed by atoms with E-state index in [1.807, 2.05) is 13.0 Å². The number of ether oxygens (including phenoxy) is 1. The molecule has 0 saturated carbocycles. The van der Waals surface area contributed by atoms with Crippen LogP contribution in [-0.4, -0.2) is 18.9 Å². The molecule has 0 aliphatic rings. The van der Waals surface area contributed by atoms with Crippen LogP contribution in [0, 0.1) is 6.92 Å². The first kappa shape index (κ1) is 13.7. The lowest BCUT2D eigenvalue weighted by Gasteiger charge is -2.03. The van der Waals surface area contributed by atoms with Crippen LogP contribution in [0.4, 0.5) is 0 Å². The Morgan fingerprint density at radius 2 is 2.00 bits per heavy atom. The van der Waals surface area contributed by atoms with Crippen molar-refractivity contribution in [2.24, 2.45) is 0 Å². The Morgan fingerprint density at radius 1 is 1.29 bits per heavy atom. The Balaban J connectivity index is 2.52. The number of ketones is 1. The van der Waals surface area contributed by atoms with Gasteiger partial charge in [0.2, 0.25) is 0 Å². The molecule has 0 aliphatic heterocycles. The molecular weight excluding hydrogens is 240 g/mol. The molecule has 17 heavy (non-hydrogen) atoms. The van der Waals surface area contributed by atoms with Gasteiger partial charge in [0.25, 0.3) is 0 Å². The van der Waals surface area contributed by atoms with Crippen LogP contribution >= 0.6 is 11.6 Å². The Hall–Kier alpha value is -1.35. The molecule has 4 heteroatoms. The van der Waals surface area contributed by atoms with E-state index < -0.39 is 0 Å². The molecule has 1 aromatic carbocycles. The third kappa shape index (κ3) is 4.19. The van der Waals surface area contributed by atoms with Gasteiger partial charge in [-0.25, -0.2) is 0 Å². The number of hydrogen-bond acceptors (Lipinski definition) is 3. The second-order valence-corrected chi connectivity index (χ2v) is 4.22. The number of Topliss-reactive ketones (excluding diaryl/α,β-unsaturated/α-hetero) is 1. The predicted octanol–water partition coefficient (Wildman–Crippen LogP) is 3.17. The van der Waals surface area contributed by atoms with Gasteiger partial charge in [0, 0.05) is 23.4 Å². The molecule has 1 aromatic rings. The molecule has 0 saturated heterocycles. The van der Waals surface area contributed by atoms with Crippen LogP contribution in [0.5, 0.6) is 0 Å². The fourth-order valence-corrected chi connectivity index (χ4v) is 1.59. The second kappa shape index (κ2) is 6.40. The van der Waals surface area contributed by atoms with E-state index in [4.69, 9.17) is 11.6 Å². The highest BCUT2D eigenvalue weighted by molar-refractivity contribution is 6.31. The Labute approximate surface area is 106 Å². The zero-order chi connectivity index (χ0) is 12.8. The van der Waals surface area contributed by atoms with E-state index in [1.54, 1.807) is 12.1 Å². The minimum absolute atomic E-state index is 0.00389. The van der Waals surface area contributed by atoms with Crippen molar-refractivity contribution in [3.8, 4) is 0 Å². The van der Waals surface area contributed by atoms with E-state index in [1.165, 1.54) is 7.11 Å². The minimum Gasteiger partial charge on any atom is -0.469 e. The third-order valence-corrected chi connectivity index (χ3v) is 2.91. The van der Waals surface area contributed by atoms with Gasteiger partial charge in [-0.15, -0.1) is 0 Å². The van der Waals surface area contributed by atoms with Crippen molar-refractivity contribution in [3.05, 3.63) is 34.3 Å². The molecular formula is C13H15ClO3. The van der Waals surface area contributed by atoms with E-state index in [-0.39, 0.29) is 18.2 Å². The van der Waals surface area contributed by atoms with Gasteiger partial charge in [0.15, 0.2) is 5.78 Å². The van der Waals surface area contributed by atoms with E-state index in [0.29, 0.717) is 23.4 Å². The summed E-state index contributed by atoms with van der Waals surface area (Å²) in [6.07, 6.45) is 1.09. The molecule has 0 amide bonds. The second-order valence-electron chi connectivity index (χ2n) is 3.82. The van der Waals surface area contributed by atoms with Crippen LogP contribution in [0.2, 0.25) is 5.02 Å². The van der Waals surface area contributed by atoms with Gasteiger partial charge in [0.1, 0.15) is 0 Å². The standard InChI is InChI=1S/C13H15ClO3/c1-9-6-7-10(8-11(9)14)12(15)4-3-5-13(16)17-2/h6-8H,3-5H2,1-2H3. The van der Waals surface area contributed by atoms with E-state index in [2.05, 4.69) is 4.74 Å². The van der Waals surface area contributed by atoms with Crippen molar-refractivity contribution in [2.45, 2.75) is 26.2 Å². The van der Waals surface area contributed by atoms with Gasteiger partial charge < -0.3 is 4.74 Å². The number of methoxy groups -OCH3 is 1. The molecule has 0 bridgehead atoms. The number of rotatable bonds is 5. The van der Waals surface area contributed by atoms with Crippen molar-refractivity contribution in [3.63, 3.8) is 0 Å². The molecule has 0 N–H and O–H groups in total. The third-order valence-electron chi connectivity index (χ3n) is 2.51. The van der Waals surface area contributed by atoms with Gasteiger partial charge in [-0.2, -0.15) is 0 Å². The topological polar surface area (TPSA) is 43.4 Å². The summed E-state index contributed by atoms with van der Waals surface area (Å²) in [5.74, 6) is -0.296. The van der Waals surface area contributed by atoms with Crippen molar-refractivity contribution < 1.29 is 14.3 Å². The number of benzene rings is 1. The summed E-state index contributed by atoms with van der Waals surface area (Å²) in [6.45, 7) is 1.88. The molecule has 0 spiro atoms. The summed E-state index contributed by atoms with van der Waals surface area (Å²) < 4.78 is 4.50. The normalized spacial score (nSPS) is 10.1. The maximum absolute atomic E-state index is 11.8. The molecule has 92 valence electrons. The number of esters is 1. The molecule has 1 rings (SSSR count). The van der Waals surface area contributed by atoms with Gasteiger partial charge >= 0.3 is 5.97 Å². The first-order valence-corrected chi connectivity index (χ1v) is 5.78. The maximum atomic E-state index is 11.8. The largest absolute Gasteiger partial charge is 0.469 e. The van der Waals surface area contributed by atoms with Gasteiger partial charge in [-0.3, -0.25) is 9.59 Å². The predicted molar refractivity (Wildman–Crippen MR) is 66.4 cm³/mol. The Morgan fingerprint density at radius 3 is 2.59 bits per heavy atom. The molecule has 0 atom stereocenters. The van der Waals surface area contributed by atoms with Crippen LogP contribution in [-0.2, 0) is 9.53 Å². The molecule has 0 aromatic heterocycles. The van der Waals surface area contributed by atoms with E-state index >= 15 is 0 Å². The number of halogens is 1. The number of aryl methyl sites for hydroxylation is 1. The summed E-state index contributed by atoms with van der Waals surface area (Å²) in [4.78, 5) is 22.6. The summed E-state index contributed by atoms with van der Waals surface area (Å²) >= 11 is 5.94. The Bertz CT molecular complexity index is 427. The molecule has 0 aliphatic carbocycles. The van der Waals surface area contributed by atoms with Crippen LogP contribution < -0.4 is 0 Å². The average Bonchev–Trinajstić information content (AvgIpc) is 2.32. The highest BCUT2D eigenvalue weighted by Crippen LogP contribution is 2.18. The molecule has 0 unspecified atom stereocenters. The monoisotopic (exact) mass is 254 g/mol.